The number of hydrogen-bond acceptors (Lipinski definition) is 8. The van der Waals surface area contributed by atoms with Crippen molar-refractivity contribution < 1.29 is 19.7 Å². The van der Waals surface area contributed by atoms with Crippen LogP contribution in [-0.4, -0.2) is 51.4 Å². The minimum atomic E-state index is -0.729. The zero-order chi connectivity index (χ0) is 21.5. The van der Waals surface area contributed by atoms with Gasteiger partial charge in [0, 0.05) is 19.7 Å². The van der Waals surface area contributed by atoms with Crippen LogP contribution in [0.25, 0.3) is 11.3 Å². The van der Waals surface area contributed by atoms with Crippen molar-refractivity contribution in [3.63, 3.8) is 0 Å². The van der Waals surface area contributed by atoms with E-state index in [0.29, 0.717) is 28.5 Å². The lowest BCUT2D eigenvalue weighted by molar-refractivity contribution is 0.0325. The van der Waals surface area contributed by atoms with Crippen molar-refractivity contribution in [2.75, 3.05) is 25.6 Å². The summed E-state index contributed by atoms with van der Waals surface area (Å²) in [6, 6.07) is 12.3. The van der Waals surface area contributed by atoms with Crippen LogP contribution in [-0.2, 0) is 18.4 Å². The molecule has 0 aliphatic rings. The molecule has 3 aromatic rings. The standard InChI is InChI=1S/C21H24N4O5/c1-25-21(28)19(9-18(24-25)17-6-4-3-5-14(17)11-26)23-20-8-7-16(10-22-20)30-13-15(27)12-29-2/h3-10,15,26-27H,11-13H2,1-2H3,(H,22,23)/t15-/m0/s1. The van der Waals surface area contributed by atoms with Gasteiger partial charge in [-0.05, 0) is 23.8 Å². The first-order valence-electron chi connectivity index (χ1n) is 9.32. The highest BCUT2D eigenvalue weighted by atomic mass is 16.5. The summed E-state index contributed by atoms with van der Waals surface area (Å²) in [6.45, 7) is 0.131. The number of anilines is 2. The molecule has 30 heavy (non-hydrogen) atoms. The Kier molecular flexibility index (Phi) is 7.12. The maximum absolute atomic E-state index is 12.5. The molecule has 3 N–H and O–H groups in total. The molecule has 0 unspecified atom stereocenters. The molecule has 2 heterocycles. The molecule has 3 rings (SSSR count). The van der Waals surface area contributed by atoms with E-state index in [1.54, 1.807) is 31.3 Å². The van der Waals surface area contributed by atoms with Gasteiger partial charge in [-0.15, -0.1) is 0 Å². The van der Waals surface area contributed by atoms with E-state index in [1.165, 1.54) is 18.0 Å². The molecule has 1 aromatic carbocycles. The van der Waals surface area contributed by atoms with Gasteiger partial charge in [-0.1, -0.05) is 24.3 Å². The summed E-state index contributed by atoms with van der Waals surface area (Å²) < 4.78 is 11.5. The maximum Gasteiger partial charge on any atom is 0.290 e. The van der Waals surface area contributed by atoms with E-state index in [1.807, 2.05) is 18.2 Å². The molecule has 0 radical (unpaired) electrons. The fourth-order valence-electron chi connectivity index (χ4n) is 2.85. The van der Waals surface area contributed by atoms with Crippen LogP contribution in [0.3, 0.4) is 0 Å². The summed E-state index contributed by atoms with van der Waals surface area (Å²) >= 11 is 0. The molecule has 0 bridgehead atoms. The van der Waals surface area contributed by atoms with Gasteiger partial charge in [-0.3, -0.25) is 4.79 Å². The Morgan fingerprint density at radius 1 is 1.20 bits per heavy atom. The number of aliphatic hydroxyl groups excluding tert-OH is 2. The largest absolute Gasteiger partial charge is 0.489 e. The summed E-state index contributed by atoms with van der Waals surface area (Å²) in [6.07, 6.45) is 0.767. The average molecular weight is 412 g/mol. The third-order valence-electron chi connectivity index (χ3n) is 4.33. The van der Waals surface area contributed by atoms with Gasteiger partial charge in [0.1, 0.15) is 30.0 Å². The van der Waals surface area contributed by atoms with E-state index >= 15 is 0 Å². The average Bonchev–Trinajstić information content (AvgIpc) is 2.76. The van der Waals surface area contributed by atoms with Crippen LogP contribution in [0.2, 0.25) is 0 Å². The molecule has 0 amide bonds. The number of aromatic nitrogens is 3. The van der Waals surface area contributed by atoms with Crippen LogP contribution >= 0.6 is 0 Å². The van der Waals surface area contributed by atoms with Crippen LogP contribution in [0, 0.1) is 0 Å². The second-order valence-corrected chi connectivity index (χ2v) is 6.61. The molecule has 9 nitrogen and oxygen atoms in total. The van der Waals surface area contributed by atoms with Gasteiger partial charge in [-0.25, -0.2) is 9.67 Å². The van der Waals surface area contributed by atoms with Crippen LogP contribution in [0.1, 0.15) is 5.56 Å². The van der Waals surface area contributed by atoms with Crippen molar-refractivity contribution in [3.05, 3.63) is 64.6 Å². The van der Waals surface area contributed by atoms with Gasteiger partial charge in [0.05, 0.1) is 25.1 Å². The van der Waals surface area contributed by atoms with Crippen LogP contribution in [0.4, 0.5) is 11.5 Å². The molecule has 0 saturated carbocycles. The fraction of sp³-hybridized carbons (Fsp3) is 0.286. The number of rotatable bonds is 9. The Morgan fingerprint density at radius 2 is 2.00 bits per heavy atom. The first-order valence-corrected chi connectivity index (χ1v) is 9.32. The van der Waals surface area contributed by atoms with Gasteiger partial charge in [-0.2, -0.15) is 5.10 Å². The zero-order valence-corrected chi connectivity index (χ0v) is 16.8. The van der Waals surface area contributed by atoms with E-state index in [0.717, 1.165) is 5.56 Å². The smallest absolute Gasteiger partial charge is 0.290 e. The second-order valence-electron chi connectivity index (χ2n) is 6.61. The summed E-state index contributed by atoms with van der Waals surface area (Å²) in [5.41, 5.74) is 1.99. The number of pyridine rings is 1. The van der Waals surface area contributed by atoms with Gasteiger partial charge >= 0.3 is 0 Å². The molecular formula is C21H24N4O5. The number of aliphatic hydroxyl groups is 2. The van der Waals surface area contributed by atoms with E-state index in [2.05, 4.69) is 15.4 Å². The lowest BCUT2D eigenvalue weighted by Gasteiger charge is -2.13. The highest BCUT2D eigenvalue weighted by Gasteiger charge is 2.12. The molecule has 0 fully saturated rings. The van der Waals surface area contributed by atoms with Crippen molar-refractivity contribution in [1.82, 2.24) is 14.8 Å². The topological polar surface area (TPSA) is 119 Å². The summed E-state index contributed by atoms with van der Waals surface area (Å²) in [4.78, 5) is 16.8. The van der Waals surface area contributed by atoms with Crippen molar-refractivity contribution in [2.45, 2.75) is 12.7 Å². The third-order valence-corrected chi connectivity index (χ3v) is 4.33. The van der Waals surface area contributed by atoms with Crippen LogP contribution in [0.15, 0.2) is 53.5 Å². The molecule has 158 valence electrons. The van der Waals surface area contributed by atoms with E-state index in [9.17, 15) is 15.0 Å². The van der Waals surface area contributed by atoms with E-state index < -0.39 is 6.10 Å². The van der Waals surface area contributed by atoms with Crippen molar-refractivity contribution in [3.8, 4) is 17.0 Å². The van der Waals surface area contributed by atoms with Crippen molar-refractivity contribution >= 4 is 11.5 Å². The normalized spacial score (nSPS) is 11.9. The number of benzene rings is 1. The lowest BCUT2D eigenvalue weighted by Crippen LogP contribution is -2.23. The van der Waals surface area contributed by atoms with E-state index in [4.69, 9.17) is 9.47 Å². The zero-order valence-electron chi connectivity index (χ0n) is 16.8. The Balaban J connectivity index is 1.80. The molecular weight excluding hydrogens is 388 g/mol. The molecule has 0 saturated heterocycles. The predicted molar refractivity (Wildman–Crippen MR) is 112 cm³/mol. The molecule has 0 aliphatic heterocycles. The third kappa shape index (κ3) is 5.20. The van der Waals surface area contributed by atoms with Gasteiger partial charge in [0.2, 0.25) is 0 Å². The minimum absolute atomic E-state index is 0.0841. The first kappa shape index (κ1) is 21.4. The molecule has 2 aromatic heterocycles. The highest BCUT2D eigenvalue weighted by Crippen LogP contribution is 2.24. The van der Waals surface area contributed by atoms with Crippen molar-refractivity contribution in [1.29, 1.82) is 0 Å². The van der Waals surface area contributed by atoms with Gasteiger partial charge in [0.15, 0.2) is 0 Å². The van der Waals surface area contributed by atoms with Gasteiger partial charge < -0.3 is 25.0 Å². The van der Waals surface area contributed by atoms with Gasteiger partial charge in [0.25, 0.3) is 5.56 Å². The second kappa shape index (κ2) is 9.97. The molecule has 1 atom stereocenters. The monoisotopic (exact) mass is 412 g/mol. The van der Waals surface area contributed by atoms with E-state index in [-0.39, 0.29) is 25.4 Å². The summed E-state index contributed by atoms with van der Waals surface area (Å²) in [5, 5.41) is 26.5. The number of nitrogens with one attached hydrogen (secondary N) is 1. The minimum Gasteiger partial charge on any atom is -0.489 e. The van der Waals surface area contributed by atoms with Crippen LogP contribution < -0.4 is 15.6 Å². The number of methoxy groups -OCH3 is 1. The number of nitrogens with zero attached hydrogens (tertiary/aromatic N) is 3. The molecule has 9 heteroatoms. The molecule has 0 aliphatic carbocycles. The van der Waals surface area contributed by atoms with Crippen LogP contribution in [0.5, 0.6) is 5.75 Å². The van der Waals surface area contributed by atoms with Crippen molar-refractivity contribution in [2.24, 2.45) is 7.05 Å². The number of hydrogen-bond donors (Lipinski definition) is 3. The number of ether oxygens (including phenoxy) is 2. The Hall–Kier alpha value is -3.27. The Morgan fingerprint density at radius 3 is 2.70 bits per heavy atom. The molecule has 0 spiro atoms. The Labute approximate surface area is 173 Å². The summed E-state index contributed by atoms with van der Waals surface area (Å²) in [5.74, 6) is 0.931. The SMILES string of the molecule is COC[C@H](O)COc1ccc(Nc2cc(-c3ccccc3CO)nn(C)c2=O)nc1. The Bertz CT molecular complexity index is 1040. The highest BCUT2D eigenvalue weighted by molar-refractivity contribution is 5.68. The fourth-order valence-corrected chi connectivity index (χ4v) is 2.85. The maximum atomic E-state index is 12.5. The lowest BCUT2D eigenvalue weighted by atomic mass is 10.0. The number of aryl methyl sites for hydroxylation is 1. The summed E-state index contributed by atoms with van der Waals surface area (Å²) in [7, 11) is 3.07. The first-order chi connectivity index (χ1) is 14.5. The predicted octanol–water partition coefficient (Wildman–Crippen LogP) is 1.46. The quantitative estimate of drug-likeness (QED) is 0.483.